The second-order valence-electron chi connectivity index (χ2n) is 21.1. The van der Waals surface area contributed by atoms with Gasteiger partial charge in [0.15, 0.2) is 6.23 Å². The van der Waals surface area contributed by atoms with Crippen molar-refractivity contribution < 1.29 is 43.6 Å². The van der Waals surface area contributed by atoms with Crippen molar-refractivity contribution in [3.8, 4) is 39.1 Å². The molecule has 0 spiro atoms. The van der Waals surface area contributed by atoms with Gasteiger partial charge in [0.05, 0.1) is 39.4 Å². The lowest BCUT2D eigenvalue weighted by Gasteiger charge is -2.63. The molecule has 5 N–H and O–H groups in total. The molecule has 7 rings (SSSR count). The quantitative estimate of drug-likeness (QED) is 0.0391. The highest BCUT2D eigenvalue weighted by Gasteiger charge is 2.64. The molecule has 15 nitrogen and oxygen atoms in total. The highest BCUT2D eigenvalue weighted by atomic mass is 35.5. The molecule has 1 aromatic heterocycles. The molecule has 0 bridgehead atoms. The van der Waals surface area contributed by atoms with Gasteiger partial charge in [-0.1, -0.05) is 109 Å². The van der Waals surface area contributed by atoms with Gasteiger partial charge in [-0.25, -0.2) is 4.98 Å². The predicted octanol–water partition coefficient (Wildman–Crippen LogP) is 8.40. The number of amides is 4. The zero-order valence-corrected chi connectivity index (χ0v) is 44.1. The number of ether oxygens (including phenoxy) is 3. The van der Waals surface area contributed by atoms with Crippen LogP contribution in [0, 0.1) is 34.5 Å². The number of nitriles is 1. The van der Waals surface area contributed by atoms with E-state index in [1.807, 2.05) is 67.6 Å². The van der Waals surface area contributed by atoms with E-state index < -0.39 is 47.6 Å². The fourth-order valence-corrected chi connectivity index (χ4v) is 11.1. The summed E-state index contributed by atoms with van der Waals surface area (Å²) < 4.78 is 18.0. The maximum Gasteiger partial charge on any atom is 0.251 e. The maximum absolute atomic E-state index is 14.0. The smallest absolute Gasteiger partial charge is 0.251 e. The average Bonchev–Trinajstić information content (AvgIpc) is 3.98. The lowest BCUT2D eigenvalue weighted by Crippen LogP contribution is -2.74. The zero-order valence-electron chi connectivity index (χ0n) is 42.5. The first-order chi connectivity index (χ1) is 34.6. The van der Waals surface area contributed by atoms with Crippen LogP contribution >= 0.6 is 22.9 Å². The first-order valence-electron chi connectivity index (χ1n) is 24.4. The topological polar surface area (TPSA) is 212 Å². The van der Waals surface area contributed by atoms with E-state index >= 15 is 0 Å². The standard InChI is InChI=1S/C56H65ClN6O9S/c1-33-46(73-32-59-33)36-13-17-37(18-14-36)48(66)61-50(68)44-27-40(64)30-63(44)51(69)47(54(2,3)4)60-45(65)31-70-25-9-10-26-71-41-22-19-35(20-23-41)34-11-15-38(16-12-34)49(67)62-52-55(5,6)53(56(52,7)8)72-42-24-21-39(29-58)43(57)28-42/h11-24,28,32,40,44,47-48,52-53,64,66H,9-10,25-27,30-31H2,1-8H3,(H,60,65)(H,61,68)(H,62,67)/t40-,44-,47?,48+,52?,53?/m1/s1. The van der Waals surface area contributed by atoms with Gasteiger partial charge in [0.2, 0.25) is 17.7 Å². The number of unbranched alkanes of at least 4 members (excludes halogenated alkanes) is 1. The van der Waals surface area contributed by atoms with Gasteiger partial charge in [-0.3, -0.25) is 19.2 Å². The van der Waals surface area contributed by atoms with Crippen molar-refractivity contribution in [3.05, 3.63) is 124 Å². The van der Waals surface area contributed by atoms with Crippen LogP contribution in [-0.2, 0) is 19.1 Å². The number of β-amino-alcohol motifs (C(OH)–C–C–N with tert-alkyl or cyclic N) is 1. The summed E-state index contributed by atoms with van der Waals surface area (Å²) in [4.78, 5) is 60.7. The number of thiazole rings is 1. The monoisotopic (exact) mass is 1030 g/mol. The lowest BCUT2D eigenvalue weighted by molar-refractivity contribution is -0.164. The van der Waals surface area contributed by atoms with Crippen molar-refractivity contribution in [2.45, 2.75) is 111 Å². The predicted molar refractivity (Wildman–Crippen MR) is 280 cm³/mol. The largest absolute Gasteiger partial charge is 0.494 e. The number of nitrogens with zero attached hydrogens (tertiary/aromatic N) is 3. The molecule has 2 aliphatic rings. The molecule has 17 heteroatoms. The summed E-state index contributed by atoms with van der Waals surface area (Å²) in [6.45, 7) is 15.9. The van der Waals surface area contributed by atoms with E-state index in [2.05, 4.69) is 54.7 Å². The third-order valence-electron chi connectivity index (χ3n) is 13.7. The normalized spacial score (nSPS) is 19.7. The molecule has 0 radical (unpaired) electrons. The summed E-state index contributed by atoms with van der Waals surface area (Å²) in [5.74, 6) is -0.538. The van der Waals surface area contributed by atoms with Crippen LogP contribution in [0.3, 0.4) is 0 Å². The Kier molecular flexibility index (Phi) is 17.0. The molecule has 5 aromatic rings. The highest BCUT2D eigenvalue weighted by molar-refractivity contribution is 7.13. The molecular formula is C56H65ClN6O9S. The average molecular weight is 1030 g/mol. The molecule has 386 valence electrons. The van der Waals surface area contributed by atoms with Crippen LogP contribution < -0.4 is 25.4 Å². The van der Waals surface area contributed by atoms with Gasteiger partial charge in [0.25, 0.3) is 5.91 Å². The minimum absolute atomic E-state index is 0.0200. The van der Waals surface area contributed by atoms with E-state index in [0.717, 1.165) is 27.3 Å². The van der Waals surface area contributed by atoms with Gasteiger partial charge in [-0.05, 0) is 78.3 Å². The van der Waals surface area contributed by atoms with Crippen molar-refractivity contribution in [1.29, 1.82) is 5.26 Å². The van der Waals surface area contributed by atoms with E-state index in [9.17, 15) is 34.7 Å². The number of aliphatic hydroxyl groups excluding tert-OH is 2. The van der Waals surface area contributed by atoms with Crippen LogP contribution in [0.25, 0.3) is 21.6 Å². The Morgan fingerprint density at radius 1 is 0.890 bits per heavy atom. The lowest BCUT2D eigenvalue weighted by atomic mass is 9.49. The van der Waals surface area contributed by atoms with E-state index in [-0.39, 0.29) is 55.1 Å². The Bertz CT molecular complexity index is 2790. The second-order valence-corrected chi connectivity index (χ2v) is 22.3. The van der Waals surface area contributed by atoms with Crippen LogP contribution in [-0.4, -0.2) is 100 Å². The van der Waals surface area contributed by atoms with Crippen molar-refractivity contribution >= 4 is 46.6 Å². The number of hydrogen-bond acceptors (Lipinski definition) is 12. The number of likely N-dealkylation sites (tertiary alicyclic amines) is 1. The van der Waals surface area contributed by atoms with E-state index in [0.29, 0.717) is 52.7 Å². The number of aliphatic hydroxyl groups is 2. The second kappa shape index (κ2) is 22.8. The Morgan fingerprint density at radius 3 is 2.11 bits per heavy atom. The number of carbonyl (C=O) groups excluding carboxylic acids is 4. The first kappa shape index (κ1) is 54.4. The van der Waals surface area contributed by atoms with Crippen molar-refractivity contribution in [2.24, 2.45) is 16.2 Å². The van der Waals surface area contributed by atoms with E-state index in [4.69, 9.17) is 25.8 Å². The molecular weight excluding hydrogens is 968 g/mol. The molecule has 1 unspecified atom stereocenters. The Labute approximate surface area is 436 Å². The SMILES string of the molecule is Cc1ncsc1-c1ccc([C@H](O)NC(=O)[C@H]2C[C@@H](O)CN2C(=O)C(NC(=O)COCCCCOc2ccc(-c3ccc(C(=O)NC4C(C)(C)C(Oc5ccc(C#N)c(Cl)c5)C4(C)C)cc3)cc2)C(C)(C)C)cc1. The highest BCUT2D eigenvalue weighted by Crippen LogP contribution is 2.55. The van der Waals surface area contributed by atoms with Gasteiger partial charge in [0, 0.05) is 53.6 Å². The van der Waals surface area contributed by atoms with Gasteiger partial charge < -0.3 is 45.3 Å². The molecule has 1 aliphatic carbocycles. The van der Waals surface area contributed by atoms with Crippen molar-refractivity contribution in [1.82, 2.24) is 25.8 Å². The number of aryl methyl sites for hydroxylation is 1. The fourth-order valence-electron chi connectivity index (χ4n) is 10.1. The minimum atomic E-state index is -1.35. The summed E-state index contributed by atoms with van der Waals surface area (Å²) in [6.07, 6.45) is -1.26. The van der Waals surface area contributed by atoms with Crippen LogP contribution in [0.1, 0.15) is 101 Å². The number of halogens is 1. The van der Waals surface area contributed by atoms with Crippen molar-refractivity contribution in [2.75, 3.05) is 26.4 Å². The molecule has 1 aliphatic heterocycles. The van der Waals surface area contributed by atoms with Crippen LogP contribution in [0.5, 0.6) is 11.5 Å². The number of rotatable bonds is 19. The third kappa shape index (κ3) is 12.7. The first-order valence-corrected chi connectivity index (χ1v) is 25.7. The van der Waals surface area contributed by atoms with Crippen molar-refractivity contribution in [3.63, 3.8) is 0 Å². The Balaban J connectivity index is 0.812. The number of aromatic nitrogens is 1. The number of benzene rings is 4. The minimum Gasteiger partial charge on any atom is -0.494 e. The number of hydrogen-bond donors (Lipinski definition) is 5. The summed E-state index contributed by atoms with van der Waals surface area (Å²) >= 11 is 7.76. The summed E-state index contributed by atoms with van der Waals surface area (Å²) in [7, 11) is 0. The molecule has 1 saturated carbocycles. The Hall–Kier alpha value is -6.35. The van der Waals surface area contributed by atoms with E-state index in [1.54, 1.807) is 56.6 Å². The molecule has 4 atom stereocenters. The Morgan fingerprint density at radius 2 is 1.51 bits per heavy atom. The number of carbonyl (C=O) groups is 4. The molecule has 4 amide bonds. The van der Waals surface area contributed by atoms with Gasteiger partial charge >= 0.3 is 0 Å². The summed E-state index contributed by atoms with van der Waals surface area (Å²) in [6, 6.07) is 27.1. The summed E-state index contributed by atoms with van der Waals surface area (Å²) in [5.41, 5.74) is 5.35. The molecule has 2 heterocycles. The maximum atomic E-state index is 14.0. The zero-order chi connectivity index (χ0) is 52.8. The van der Waals surface area contributed by atoms with Gasteiger partial charge in [-0.15, -0.1) is 11.3 Å². The van der Waals surface area contributed by atoms with Crippen LogP contribution in [0.4, 0.5) is 0 Å². The third-order valence-corrected chi connectivity index (χ3v) is 15.0. The van der Waals surface area contributed by atoms with E-state index in [1.165, 1.54) is 16.2 Å². The molecule has 1 saturated heterocycles. The van der Waals surface area contributed by atoms with Crippen LogP contribution in [0.15, 0.2) is 96.5 Å². The van der Waals surface area contributed by atoms with Gasteiger partial charge in [-0.2, -0.15) is 5.26 Å². The number of nitrogens with one attached hydrogen (secondary N) is 3. The molecule has 4 aromatic carbocycles. The molecule has 2 fully saturated rings. The fraction of sp³-hybridized carbons (Fsp3) is 0.429. The summed E-state index contributed by atoms with van der Waals surface area (Å²) in [5, 5.41) is 39.7. The van der Waals surface area contributed by atoms with Crippen LogP contribution in [0.2, 0.25) is 5.02 Å². The van der Waals surface area contributed by atoms with Gasteiger partial charge in [0.1, 0.15) is 42.4 Å². The molecule has 73 heavy (non-hydrogen) atoms.